The van der Waals surface area contributed by atoms with Crippen molar-refractivity contribution in [2.24, 2.45) is 10.2 Å². The number of hydrogen-bond acceptors (Lipinski definition) is 4. The SMILES string of the molecule is CN(C)c1ccc(N=NC=C2c3ccccc3N(C)c3ccccc32)cc1. The van der Waals surface area contributed by atoms with Crippen molar-refractivity contribution in [2.45, 2.75) is 0 Å². The molecule has 1 heterocycles. The molecule has 134 valence electrons. The van der Waals surface area contributed by atoms with Crippen LogP contribution in [0.2, 0.25) is 0 Å². The number of anilines is 3. The molecule has 0 spiro atoms. The van der Waals surface area contributed by atoms with Crippen molar-refractivity contribution in [2.75, 3.05) is 30.9 Å². The van der Waals surface area contributed by atoms with Crippen molar-refractivity contribution in [1.29, 1.82) is 0 Å². The van der Waals surface area contributed by atoms with Crippen molar-refractivity contribution in [3.05, 3.63) is 90.1 Å². The van der Waals surface area contributed by atoms with Gasteiger partial charge in [0.15, 0.2) is 0 Å². The van der Waals surface area contributed by atoms with E-state index in [0.717, 1.165) is 16.9 Å². The molecule has 1 aliphatic rings. The van der Waals surface area contributed by atoms with Gasteiger partial charge < -0.3 is 9.80 Å². The lowest BCUT2D eigenvalue weighted by Crippen LogP contribution is -2.17. The number of benzene rings is 3. The van der Waals surface area contributed by atoms with Crippen LogP contribution in [0.5, 0.6) is 0 Å². The molecule has 0 amide bonds. The maximum Gasteiger partial charge on any atom is 0.0858 e. The standard InChI is InChI=1S/C23H22N4/c1-26(2)18-14-12-17(13-15-18)25-24-16-21-19-8-4-6-10-22(19)27(3)23-11-7-5-9-20(21)23/h4-16H,1-3H3. The van der Waals surface area contributed by atoms with E-state index in [1.807, 2.05) is 44.6 Å². The molecule has 0 aliphatic carbocycles. The summed E-state index contributed by atoms with van der Waals surface area (Å²) in [5.74, 6) is 0. The van der Waals surface area contributed by atoms with Crippen molar-refractivity contribution in [3.63, 3.8) is 0 Å². The van der Waals surface area contributed by atoms with Gasteiger partial charge in [0, 0.05) is 54.9 Å². The number of rotatable bonds is 3. The summed E-state index contributed by atoms with van der Waals surface area (Å²) in [6, 6.07) is 24.8. The number of para-hydroxylation sites is 2. The van der Waals surface area contributed by atoms with E-state index in [-0.39, 0.29) is 0 Å². The first kappa shape index (κ1) is 17.0. The minimum atomic E-state index is 0.840. The molecule has 0 saturated heterocycles. The molecular formula is C23H22N4. The predicted octanol–water partition coefficient (Wildman–Crippen LogP) is 6.01. The normalized spacial score (nSPS) is 12.7. The van der Waals surface area contributed by atoms with Gasteiger partial charge in [0.1, 0.15) is 0 Å². The van der Waals surface area contributed by atoms with Crippen molar-refractivity contribution in [3.8, 4) is 0 Å². The number of nitrogens with zero attached hydrogens (tertiary/aromatic N) is 4. The van der Waals surface area contributed by atoms with E-state index in [1.54, 1.807) is 0 Å². The van der Waals surface area contributed by atoms with Crippen molar-refractivity contribution >= 4 is 28.3 Å². The van der Waals surface area contributed by atoms with Crippen LogP contribution in [0, 0.1) is 0 Å². The van der Waals surface area contributed by atoms with E-state index in [0.29, 0.717) is 0 Å². The minimum Gasteiger partial charge on any atom is -0.378 e. The highest BCUT2D eigenvalue weighted by atomic mass is 15.1. The number of azo groups is 1. The summed E-state index contributed by atoms with van der Waals surface area (Å²) in [6.07, 6.45) is 1.87. The van der Waals surface area contributed by atoms with Crippen LogP contribution in [0.3, 0.4) is 0 Å². The third-order valence-corrected chi connectivity index (χ3v) is 4.84. The van der Waals surface area contributed by atoms with Crippen LogP contribution in [-0.2, 0) is 0 Å². The van der Waals surface area contributed by atoms with Gasteiger partial charge in [-0.2, -0.15) is 10.2 Å². The molecule has 4 nitrogen and oxygen atoms in total. The molecule has 0 aromatic heterocycles. The van der Waals surface area contributed by atoms with E-state index in [4.69, 9.17) is 0 Å². The molecule has 0 atom stereocenters. The second kappa shape index (κ2) is 7.08. The summed E-state index contributed by atoms with van der Waals surface area (Å²) in [6.45, 7) is 0. The second-order valence-electron chi connectivity index (χ2n) is 6.76. The molecule has 0 saturated carbocycles. The van der Waals surface area contributed by atoms with Gasteiger partial charge in [-0.1, -0.05) is 36.4 Å². The first-order valence-corrected chi connectivity index (χ1v) is 8.96. The van der Waals surface area contributed by atoms with Crippen molar-refractivity contribution in [1.82, 2.24) is 0 Å². The molecule has 27 heavy (non-hydrogen) atoms. The third-order valence-electron chi connectivity index (χ3n) is 4.84. The summed E-state index contributed by atoms with van der Waals surface area (Å²) in [5, 5.41) is 8.78. The zero-order valence-corrected chi connectivity index (χ0v) is 15.8. The highest BCUT2D eigenvalue weighted by Crippen LogP contribution is 2.43. The topological polar surface area (TPSA) is 31.2 Å². The van der Waals surface area contributed by atoms with Crippen LogP contribution in [0.25, 0.3) is 5.57 Å². The van der Waals surface area contributed by atoms with Crippen LogP contribution in [-0.4, -0.2) is 21.1 Å². The van der Waals surface area contributed by atoms with Gasteiger partial charge in [-0.3, -0.25) is 0 Å². The Hall–Kier alpha value is -3.40. The second-order valence-corrected chi connectivity index (χ2v) is 6.76. The Morgan fingerprint density at radius 2 is 1.33 bits per heavy atom. The highest BCUT2D eigenvalue weighted by Gasteiger charge is 2.23. The summed E-state index contributed by atoms with van der Waals surface area (Å²) >= 11 is 0. The van der Waals surface area contributed by atoms with Crippen LogP contribution < -0.4 is 9.80 Å². The highest BCUT2D eigenvalue weighted by molar-refractivity contribution is 5.97. The molecule has 0 fully saturated rings. The van der Waals surface area contributed by atoms with E-state index in [9.17, 15) is 0 Å². The quantitative estimate of drug-likeness (QED) is 0.540. The predicted molar refractivity (Wildman–Crippen MR) is 113 cm³/mol. The monoisotopic (exact) mass is 354 g/mol. The molecule has 0 unspecified atom stereocenters. The Morgan fingerprint density at radius 1 is 0.778 bits per heavy atom. The van der Waals surface area contributed by atoms with Crippen molar-refractivity contribution < 1.29 is 0 Å². The number of fused-ring (bicyclic) bond motifs is 2. The molecule has 4 rings (SSSR count). The first-order valence-electron chi connectivity index (χ1n) is 8.96. The lowest BCUT2D eigenvalue weighted by Gasteiger charge is -2.31. The Labute approximate surface area is 160 Å². The molecule has 4 heteroatoms. The van der Waals surface area contributed by atoms with Crippen LogP contribution in [0.15, 0.2) is 89.2 Å². The maximum absolute atomic E-state index is 4.39. The first-order chi connectivity index (χ1) is 13.1. The molecule has 0 bridgehead atoms. The average Bonchev–Trinajstić information content (AvgIpc) is 2.71. The van der Waals surface area contributed by atoms with Gasteiger partial charge in [0.05, 0.1) is 11.9 Å². The lowest BCUT2D eigenvalue weighted by atomic mass is 9.91. The molecule has 1 aliphatic heterocycles. The summed E-state index contributed by atoms with van der Waals surface area (Å²) in [5.41, 5.74) is 7.76. The van der Waals surface area contributed by atoms with Crippen LogP contribution in [0.4, 0.5) is 22.7 Å². The van der Waals surface area contributed by atoms with Crippen LogP contribution >= 0.6 is 0 Å². The largest absolute Gasteiger partial charge is 0.378 e. The Kier molecular flexibility index (Phi) is 4.47. The fourth-order valence-electron chi connectivity index (χ4n) is 3.37. The molecule has 3 aromatic rings. The summed E-state index contributed by atoms with van der Waals surface area (Å²) in [4.78, 5) is 4.29. The zero-order chi connectivity index (χ0) is 18.8. The van der Waals surface area contributed by atoms with Gasteiger partial charge in [0.2, 0.25) is 0 Å². The van der Waals surface area contributed by atoms with Gasteiger partial charge >= 0.3 is 0 Å². The van der Waals surface area contributed by atoms with E-state index in [2.05, 4.69) is 75.6 Å². The van der Waals surface area contributed by atoms with Gasteiger partial charge in [-0.25, -0.2) is 0 Å². The van der Waals surface area contributed by atoms with Crippen LogP contribution in [0.1, 0.15) is 11.1 Å². The average molecular weight is 354 g/mol. The summed E-state index contributed by atoms with van der Waals surface area (Å²) < 4.78 is 0. The Bertz CT molecular complexity index is 967. The number of hydrogen-bond donors (Lipinski definition) is 0. The Balaban J connectivity index is 1.72. The zero-order valence-electron chi connectivity index (χ0n) is 15.8. The lowest BCUT2D eigenvalue weighted by molar-refractivity contribution is 1.13. The molecule has 3 aromatic carbocycles. The van der Waals surface area contributed by atoms with Gasteiger partial charge in [-0.15, -0.1) is 0 Å². The fraction of sp³-hybridized carbons (Fsp3) is 0.130. The fourth-order valence-corrected chi connectivity index (χ4v) is 3.37. The minimum absolute atomic E-state index is 0.840. The van der Waals surface area contributed by atoms with Gasteiger partial charge in [0.25, 0.3) is 0 Å². The van der Waals surface area contributed by atoms with E-state index >= 15 is 0 Å². The van der Waals surface area contributed by atoms with E-state index < -0.39 is 0 Å². The van der Waals surface area contributed by atoms with E-state index in [1.165, 1.54) is 22.5 Å². The molecular weight excluding hydrogens is 332 g/mol. The smallest absolute Gasteiger partial charge is 0.0858 e. The maximum atomic E-state index is 4.39. The van der Waals surface area contributed by atoms with Gasteiger partial charge in [-0.05, 0) is 36.4 Å². The summed E-state index contributed by atoms with van der Waals surface area (Å²) in [7, 11) is 6.15. The molecule has 0 N–H and O–H groups in total. The third kappa shape index (κ3) is 3.22. The molecule has 0 radical (unpaired) electrons. The Morgan fingerprint density at radius 3 is 1.89 bits per heavy atom.